The van der Waals surface area contributed by atoms with E-state index >= 15 is 0 Å². The lowest BCUT2D eigenvalue weighted by atomic mass is 9.98. The van der Waals surface area contributed by atoms with Gasteiger partial charge in [0.05, 0.1) is 17.2 Å². The number of nitrogens with two attached hydrogens (primary N) is 1. The van der Waals surface area contributed by atoms with Crippen LogP contribution in [0.4, 0.5) is 10.1 Å². The first-order valence-corrected chi connectivity index (χ1v) is 7.22. The van der Waals surface area contributed by atoms with Gasteiger partial charge in [-0.15, -0.1) is 12.4 Å². The highest BCUT2D eigenvalue weighted by Gasteiger charge is 2.23. The zero-order valence-electron chi connectivity index (χ0n) is 12.0. The molecule has 0 aromatic heterocycles. The summed E-state index contributed by atoms with van der Waals surface area (Å²) in [5.41, 5.74) is 7.66. The second-order valence-electron chi connectivity index (χ2n) is 5.05. The quantitative estimate of drug-likeness (QED) is 0.856. The number of carbonyl (C=O) groups is 1. The number of fused-ring (bicyclic) bond motifs is 1. The number of rotatable bonds is 2. The minimum atomic E-state index is -0.536. The van der Waals surface area contributed by atoms with E-state index in [0.29, 0.717) is 30.0 Å². The summed E-state index contributed by atoms with van der Waals surface area (Å²) in [6.07, 6.45) is 0.714. The van der Waals surface area contributed by atoms with E-state index in [2.05, 4.69) is 5.32 Å². The van der Waals surface area contributed by atoms with Gasteiger partial charge in [0.15, 0.2) is 0 Å². The Hall–Kier alpha value is -1.82. The molecule has 0 radical (unpaired) electrons. The molecule has 1 aliphatic heterocycles. The molecule has 1 amide bonds. The molecule has 1 atom stereocenters. The molecule has 7 heteroatoms. The Balaban J connectivity index is 0.00000192. The number of nitrogens with one attached hydrogen (secondary N) is 1. The molecule has 1 heterocycles. The minimum absolute atomic E-state index is 0. The average molecular weight is 357 g/mol. The zero-order chi connectivity index (χ0) is 15.7. The van der Waals surface area contributed by atoms with Gasteiger partial charge in [0.2, 0.25) is 0 Å². The molecule has 3 N–H and O–H groups in total. The molecule has 0 saturated carbocycles. The standard InChI is InChI=1S/C16H14ClFN2O2.ClH/c17-12-8-9(4-5-13(12)18)20-16(21)11-3-1-2-10-14(19)6-7-22-15(10)11;/h1-5,8,14H,6-7,19H2,(H,20,21);1H. The van der Waals surface area contributed by atoms with Crippen molar-refractivity contribution < 1.29 is 13.9 Å². The molecule has 3 rings (SSSR count). The molecule has 1 aliphatic rings. The SMILES string of the molecule is Cl.NC1CCOc2c(C(=O)Nc3ccc(F)c(Cl)c3)cccc21. The normalized spacial score (nSPS) is 15.9. The average Bonchev–Trinajstić information content (AvgIpc) is 2.51. The van der Waals surface area contributed by atoms with E-state index in [4.69, 9.17) is 22.1 Å². The fourth-order valence-corrected chi connectivity index (χ4v) is 2.58. The number of amides is 1. The molecule has 0 bridgehead atoms. The van der Waals surface area contributed by atoms with Crippen molar-refractivity contribution >= 4 is 35.6 Å². The predicted molar refractivity (Wildman–Crippen MR) is 90.1 cm³/mol. The summed E-state index contributed by atoms with van der Waals surface area (Å²) in [4.78, 5) is 12.4. The van der Waals surface area contributed by atoms with E-state index in [1.54, 1.807) is 12.1 Å². The fraction of sp³-hybridized carbons (Fsp3) is 0.188. The van der Waals surface area contributed by atoms with Crippen molar-refractivity contribution in [3.8, 4) is 5.75 Å². The molecular weight excluding hydrogens is 342 g/mol. The van der Waals surface area contributed by atoms with E-state index in [1.165, 1.54) is 18.2 Å². The summed E-state index contributed by atoms with van der Waals surface area (Å²) in [5.74, 6) is -0.383. The number of hydrogen-bond acceptors (Lipinski definition) is 3. The largest absolute Gasteiger partial charge is 0.492 e. The van der Waals surface area contributed by atoms with Gasteiger partial charge in [0.1, 0.15) is 11.6 Å². The first-order chi connectivity index (χ1) is 10.6. The van der Waals surface area contributed by atoms with E-state index in [1.807, 2.05) is 6.07 Å². The number of benzene rings is 2. The van der Waals surface area contributed by atoms with Crippen molar-refractivity contribution in [1.29, 1.82) is 0 Å². The van der Waals surface area contributed by atoms with Gasteiger partial charge in [-0.3, -0.25) is 4.79 Å². The number of para-hydroxylation sites is 1. The van der Waals surface area contributed by atoms with Gasteiger partial charge >= 0.3 is 0 Å². The summed E-state index contributed by atoms with van der Waals surface area (Å²) in [6.45, 7) is 0.473. The van der Waals surface area contributed by atoms with E-state index < -0.39 is 5.82 Å². The summed E-state index contributed by atoms with van der Waals surface area (Å²) < 4.78 is 18.7. The Morgan fingerprint density at radius 2 is 2.13 bits per heavy atom. The molecule has 0 fully saturated rings. The van der Waals surface area contributed by atoms with Gasteiger partial charge in [0.25, 0.3) is 5.91 Å². The third-order valence-corrected chi connectivity index (χ3v) is 3.83. The Morgan fingerprint density at radius 3 is 2.87 bits per heavy atom. The van der Waals surface area contributed by atoms with Crippen molar-refractivity contribution in [3.63, 3.8) is 0 Å². The van der Waals surface area contributed by atoms with Crippen LogP contribution in [0, 0.1) is 5.82 Å². The summed E-state index contributed by atoms with van der Waals surface area (Å²) in [7, 11) is 0. The van der Waals surface area contributed by atoms with Crippen molar-refractivity contribution in [2.24, 2.45) is 5.73 Å². The van der Waals surface area contributed by atoms with E-state index in [-0.39, 0.29) is 29.4 Å². The monoisotopic (exact) mass is 356 g/mol. The van der Waals surface area contributed by atoms with Crippen molar-refractivity contribution in [2.45, 2.75) is 12.5 Å². The second-order valence-corrected chi connectivity index (χ2v) is 5.46. The lowest BCUT2D eigenvalue weighted by molar-refractivity contribution is 0.102. The number of hydrogen-bond donors (Lipinski definition) is 2. The van der Waals surface area contributed by atoms with Gasteiger partial charge in [-0.2, -0.15) is 0 Å². The number of ether oxygens (including phenoxy) is 1. The van der Waals surface area contributed by atoms with Crippen molar-refractivity contribution in [2.75, 3.05) is 11.9 Å². The molecule has 2 aromatic carbocycles. The first-order valence-electron chi connectivity index (χ1n) is 6.84. The predicted octanol–water partition coefficient (Wildman–Crippen LogP) is 3.94. The highest BCUT2D eigenvalue weighted by molar-refractivity contribution is 6.31. The highest BCUT2D eigenvalue weighted by Crippen LogP contribution is 2.34. The summed E-state index contributed by atoms with van der Waals surface area (Å²) in [6, 6.07) is 9.14. The summed E-state index contributed by atoms with van der Waals surface area (Å²) in [5, 5.41) is 2.63. The molecule has 0 aliphatic carbocycles. The lowest BCUT2D eigenvalue weighted by Crippen LogP contribution is -2.23. The topological polar surface area (TPSA) is 64.3 Å². The van der Waals surface area contributed by atoms with Crippen LogP contribution in [0.15, 0.2) is 36.4 Å². The number of anilines is 1. The third-order valence-electron chi connectivity index (χ3n) is 3.54. The summed E-state index contributed by atoms with van der Waals surface area (Å²) >= 11 is 5.71. The fourth-order valence-electron chi connectivity index (χ4n) is 2.40. The Kier molecular flexibility index (Phi) is 5.46. The molecule has 122 valence electrons. The van der Waals surface area contributed by atoms with E-state index in [0.717, 1.165) is 5.56 Å². The molecular formula is C16H15Cl2FN2O2. The van der Waals surface area contributed by atoms with Crippen LogP contribution < -0.4 is 15.8 Å². The Labute approximate surface area is 144 Å². The van der Waals surface area contributed by atoms with Crippen LogP contribution in [0.2, 0.25) is 5.02 Å². The second kappa shape index (κ2) is 7.17. The van der Waals surface area contributed by atoms with Crippen LogP contribution in [0.3, 0.4) is 0 Å². The van der Waals surface area contributed by atoms with Gasteiger partial charge in [-0.25, -0.2) is 4.39 Å². The smallest absolute Gasteiger partial charge is 0.259 e. The first kappa shape index (κ1) is 17.5. The van der Waals surface area contributed by atoms with Crippen molar-refractivity contribution in [3.05, 3.63) is 58.4 Å². The van der Waals surface area contributed by atoms with Gasteiger partial charge in [0, 0.05) is 23.7 Å². The van der Waals surface area contributed by atoms with Gasteiger partial charge < -0.3 is 15.8 Å². The van der Waals surface area contributed by atoms with Crippen molar-refractivity contribution in [1.82, 2.24) is 0 Å². The number of halogens is 3. The van der Waals surface area contributed by atoms with Crippen LogP contribution in [0.5, 0.6) is 5.75 Å². The van der Waals surface area contributed by atoms with Gasteiger partial charge in [-0.05, 0) is 24.3 Å². The third kappa shape index (κ3) is 3.58. The van der Waals surface area contributed by atoms with Crippen LogP contribution in [0.25, 0.3) is 0 Å². The molecule has 4 nitrogen and oxygen atoms in total. The molecule has 0 spiro atoms. The maximum absolute atomic E-state index is 13.1. The molecule has 2 aromatic rings. The Bertz CT molecular complexity index is 740. The molecule has 1 unspecified atom stereocenters. The highest BCUT2D eigenvalue weighted by atomic mass is 35.5. The van der Waals surface area contributed by atoms with Crippen LogP contribution >= 0.6 is 24.0 Å². The van der Waals surface area contributed by atoms with E-state index in [9.17, 15) is 9.18 Å². The zero-order valence-corrected chi connectivity index (χ0v) is 13.6. The maximum atomic E-state index is 13.1. The van der Waals surface area contributed by atoms with Gasteiger partial charge in [-0.1, -0.05) is 23.7 Å². The Morgan fingerprint density at radius 1 is 1.35 bits per heavy atom. The van der Waals surface area contributed by atoms with Crippen LogP contribution in [0.1, 0.15) is 28.4 Å². The van der Waals surface area contributed by atoms with Crippen LogP contribution in [-0.4, -0.2) is 12.5 Å². The molecule has 23 heavy (non-hydrogen) atoms. The maximum Gasteiger partial charge on any atom is 0.259 e. The minimum Gasteiger partial charge on any atom is -0.492 e. The lowest BCUT2D eigenvalue weighted by Gasteiger charge is -2.24. The van der Waals surface area contributed by atoms with Crippen LogP contribution in [-0.2, 0) is 0 Å². The number of carbonyl (C=O) groups excluding carboxylic acids is 1. The molecule has 0 saturated heterocycles.